The van der Waals surface area contributed by atoms with Crippen molar-refractivity contribution in [3.8, 4) is 0 Å². The molecule has 1 heterocycles. The first kappa shape index (κ1) is 13.6. The topological polar surface area (TPSA) is 56.5 Å². The second-order valence-electron chi connectivity index (χ2n) is 3.39. The van der Waals surface area contributed by atoms with Gasteiger partial charge >= 0.3 is 0 Å². The Labute approximate surface area is 101 Å². The van der Waals surface area contributed by atoms with Crippen LogP contribution < -0.4 is 11.3 Å². The van der Waals surface area contributed by atoms with Crippen molar-refractivity contribution in [2.45, 2.75) is 33.1 Å². The summed E-state index contributed by atoms with van der Waals surface area (Å²) < 4.78 is 11.1. The van der Waals surface area contributed by atoms with E-state index in [0.717, 1.165) is 4.88 Å². The number of nitrogens with two attached hydrogens (primary N) is 1. The Morgan fingerprint density at radius 2 is 2.00 bits per heavy atom. The first-order valence-electron chi connectivity index (χ1n) is 5.47. The van der Waals surface area contributed by atoms with Crippen LogP contribution in [0.4, 0.5) is 0 Å². The molecule has 0 aliphatic heterocycles. The Kier molecular flexibility index (Phi) is 5.94. The molecule has 16 heavy (non-hydrogen) atoms. The van der Waals surface area contributed by atoms with Crippen LogP contribution in [0.2, 0.25) is 0 Å². The quantitative estimate of drug-likeness (QED) is 0.437. The van der Waals surface area contributed by atoms with Gasteiger partial charge in [0, 0.05) is 18.1 Å². The zero-order valence-electron chi connectivity index (χ0n) is 10.0. The largest absolute Gasteiger partial charge is 0.351 e. The maximum atomic E-state index is 5.59. The lowest BCUT2D eigenvalue weighted by atomic mass is 10.1. The van der Waals surface area contributed by atoms with Gasteiger partial charge in [0.05, 0.1) is 0 Å². The van der Waals surface area contributed by atoms with Gasteiger partial charge in [-0.15, -0.1) is 11.3 Å². The van der Waals surface area contributed by atoms with Crippen molar-refractivity contribution >= 4 is 11.3 Å². The molecule has 0 aliphatic carbocycles. The molecule has 4 nitrogen and oxygen atoms in total. The predicted molar refractivity (Wildman–Crippen MR) is 66.2 cm³/mol. The van der Waals surface area contributed by atoms with Crippen molar-refractivity contribution in [2.24, 2.45) is 5.84 Å². The Bertz CT molecular complexity index is 298. The molecule has 0 saturated carbocycles. The molecule has 0 aliphatic rings. The van der Waals surface area contributed by atoms with Gasteiger partial charge in [-0.3, -0.25) is 5.84 Å². The van der Waals surface area contributed by atoms with Crippen LogP contribution in [0, 0.1) is 6.92 Å². The minimum Gasteiger partial charge on any atom is -0.351 e. The monoisotopic (exact) mass is 244 g/mol. The van der Waals surface area contributed by atoms with Crippen molar-refractivity contribution in [1.29, 1.82) is 0 Å². The molecule has 1 unspecified atom stereocenters. The summed E-state index contributed by atoms with van der Waals surface area (Å²) in [6.45, 7) is 7.16. The molecule has 0 saturated heterocycles. The Morgan fingerprint density at radius 1 is 1.38 bits per heavy atom. The summed E-state index contributed by atoms with van der Waals surface area (Å²) in [6, 6.07) is 1.96. The van der Waals surface area contributed by atoms with Crippen molar-refractivity contribution in [2.75, 3.05) is 13.2 Å². The molecule has 0 aromatic carbocycles. The highest BCUT2D eigenvalue weighted by Crippen LogP contribution is 2.27. The van der Waals surface area contributed by atoms with E-state index in [1.165, 1.54) is 5.56 Å². The summed E-state index contributed by atoms with van der Waals surface area (Å²) in [4.78, 5) is 1.16. The van der Waals surface area contributed by atoms with E-state index in [4.69, 9.17) is 15.3 Å². The number of thiophene rings is 1. The van der Waals surface area contributed by atoms with Gasteiger partial charge in [-0.1, -0.05) is 0 Å². The van der Waals surface area contributed by atoms with Gasteiger partial charge in [0.2, 0.25) is 0 Å². The van der Waals surface area contributed by atoms with Crippen LogP contribution >= 0.6 is 11.3 Å². The standard InChI is InChI=1S/C11H20N2O2S/c1-4-14-11(15-5-2)9(13-12)10-8(3)6-7-16-10/h6-7,9,11,13H,4-5,12H2,1-3H3. The van der Waals surface area contributed by atoms with Crippen molar-refractivity contribution in [3.63, 3.8) is 0 Å². The summed E-state index contributed by atoms with van der Waals surface area (Å²) in [5, 5.41) is 2.05. The first-order chi connectivity index (χ1) is 7.74. The van der Waals surface area contributed by atoms with E-state index in [-0.39, 0.29) is 12.3 Å². The molecular weight excluding hydrogens is 224 g/mol. The van der Waals surface area contributed by atoms with Crippen molar-refractivity contribution in [3.05, 3.63) is 21.9 Å². The fraction of sp³-hybridized carbons (Fsp3) is 0.636. The Balaban J connectivity index is 2.81. The molecule has 1 rings (SSSR count). The number of aryl methyl sites for hydroxylation is 1. The zero-order valence-corrected chi connectivity index (χ0v) is 10.8. The molecule has 0 radical (unpaired) electrons. The zero-order chi connectivity index (χ0) is 12.0. The number of hydrogen-bond acceptors (Lipinski definition) is 5. The normalized spacial score (nSPS) is 13.3. The van der Waals surface area contributed by atoms with E-state index >= 15 is 0 Å². The number of ether oxygens (including phenoxy) is 2. The van der Waals surface area contributed by atoms with Gasteiger partial charge in [0.15, 0.2) is 6.29 Å². The van der Waals surface area contributed by atoms with E-state index in [2.05, 4.69) is 18.4 Å². The third-order valence-electron chi connectivity index (χ3n) is 2.30. The summed E-state index contributed by atoms with van der Waals surface area (Å²) >= 11 is 1.66. The summed E-state index contributed by atoms with van der Waals surface area (Å²) in [7, 11) is 0. The van der Waals surface area contributed by atoms with Crippen LogP contribution in [0.1, 0.15) is 30.3 Å². The molecule has 1 aromatic rings. The minimum atomic E-state index is -0.336. The molecule has 0 amide bonds. The second-order valence-corrected chi connectivity index (χ2v) is 4.34. The molecule has 0 bridgehead atoms. The molecule has 1 aromatic heterocycles. The summed E-state index contributed by atoms with van der Waals surface area (Å²) in [5.74, 6) is 5.59. The number of nitrogens with one attached hydrogen (secondary N) is 1. The third-order valence-corrected chi connectivity index (χ3v) is 3.40. The smallest absolute Gasteiger partial charge is 0.178 e. The fourth-order valence-corrected chi connectivity index (χ4v) is 2.55. The van der Waals surface area contributed by atoms with E-state index in [1.54, 1.807) is 11.3 Å². The molecule has 3 N–H and O–H groups in total. The van der Waals surface area contributed by atoms with Crippen LogP contribution in [0.25, 0.3) is 0 Å². The van der Waals surface area contributed by atoms with Gasteiger partial charge in [-0.25, -0.2) is 5.43 Å². The highest BCUT2D eigenvalue weighted by atomic mass is 32.1. The van der Waals surface area contributed by atoms with Crippen molar-refractivity contribution < 1.29 is 9.47 Å². The molecule has 0 fully saturated rings. The van der Waals surface area contributed by atoms with E-state index in [0.29, 0.717) is 13.2 Å². The highest BCUT2D eigenvalue weighted by molar-refractivity contribution is 7.10. The van der Waals surface area contributed by atoms with Crippen LogP contribution in [0.3, 0.4) is 0 Å². The summed E-state index contributed by atoms with van der Waals surface area (Å²) in [5.41, 5.74) is 3.98. The van der Waals surface area contributed by atoms with E-state index in [1.807, 2.05) is 19.2 Å². The Morgan fingerprint density at radius 3 is 2.38 bits per heavy atom. The average Bonchev–Trinajstić information content (AvgIpc) is 2.67. The lowest BCUT2D eigenvalue weighted by Crippen LogP contribution is -2.39. The predicted octanol–water partition coefficient (Wildman–Crippen LogP) is 1.96. The lowest BCUT2D eigenvalue weighted by Gasteiger charge is -2.25. The molecule has 1 atom stereocenters. The van der Waals surface area contributed by atoms with Crippen LogP contribution in [0.5, 0.6) is 0 Å². The molecule has 92 valence electrons. The second kappa shape index (κ2) is 6.98. The number of hydrogen-bond donors (Lipinski definition) is 2. The van der Waals surface area contributed by atoms with Crippen molar-refractivity contribution in [1.82, 2.24) is 5.43 Å². The maximum absolute atomic E-state index is 5.59. The molecule has 5 heteroatoms. The van der Waals surface area contributed by atoms with Gasteiger partial charge in [-0.05, 0) is 37.8 Å². The van der Waals surface area contributed by atoms with Crippen LogP contribution in [0.15, 0.2) is 11.4 Å². The minimum absolute atomic E-state index is 0.111. The molecule has 0 spiro atoms. The highest BCUT2D eigenvalue weighted by Gasteiger charge is 2.25. The maximum Gasteiger partial charge on any atom is 0.178 e. The fourth-order valence-electron chi connectivity index (χ4n) is 1.55. The van der Waals surface area contributed by atoms with Gasteiger partial charge in [0.25, 0.3) is 0 Å². The Hall–Kier alpha value is -0.460. The first-order valence-corrected chi connectivity index (χ1v) is 6.35. The SMILES string of the molecule is CCOC(OCC)C(NN)c1sccc1C. The third kappa shape index (κ3) is 3.26. The number of rotatable bonds is 7. The van der Waals surface area contributed by atoms with Crippen LogP contribution in [-0.4, -0.2) is 19.5 Å². The number of hydrazine groups is 1. The van der Waals surface area contributed by atoms with E-state index in [9.17, 15) is 0 Å². The van der Waals surface area contributed by atoms with E-state index < -0.39 is 0 Å². The summed E-state index contributed by atoms with van der Waals surface area (Å²) in [6.07, 6.45) is -0.336. The lowest BCUT2D eigenvalue weighted by molar-refractivity contribution is -0.154. The van der Waals surface area contributed by atoms with Gasteiger partial charge < -0.3 is 9.47 Å². The van der Waals surface area contributed by atoms with Gasteiger partial charge in [0.1, 0.15) is 6.04 Å². The average molecular weight is 244 g/mol. The van der Waals surface area contributed by atoms with Gasteiger partial charge in [-0.2, -0.15) is 0 Å². The molecular formula is C11H20N2O2S. The van der Waals surface area contributed by atoms with Crippen LogP contribution in [-0.2, 0) is 9.47 Å².